The zero-order valence-corrected chi connectivity index (χ0v) is 14.5. The van der Waals surface area contributed by atoms with Crippen LogP contribution in [0, 0.1) is 5.92 Å². The van der Waals surface area contributed by atoms with Crippen LogP contribution in [0.15, 0.2) is 47.1 Å². The van der Waals surface area contributed by atoms with Crippen molar-refractivity contribution in [3.05, 3.63) is 42.7 Å². The molecule has 0 aliphatic rings. The minimum Gasteiger partial charge on any atom is -0.461 e. The Hall–Kier alpha value is -2.89. The fraction of sp³-hybridized carbons (Fsp3) is 0.316. The minimum atomic E-state index is 0.0700. The van der Waals surface area contributed by atoms with E-state index in [4.69, 9.17) is 4.42 Å². The number of nitrogens with zero attached hydrogens (tertiary/aromatic N) is 2. The van der Waals surface area contributed by atoms with Crippen LogP contribution in [-0.4, -0.2) is 29.0 Å². The molecule has 2 heterocycles. The highest BCUT2D eigenvalue weighted by Gasteiger charge is 2.11. The number of carbonyl (C=O) groups excluding carboxylic acids is 1. The molecule has 0 spiro atoms. The predicted molar refractivity (Wildman–Crippen MR) is 98.2 cm³/mol. The molecule has 0 unspecified atom stereocenters. The van der Waals surface area contributed by atoms with Crippen molar-refractivity contribution in [2.24, 2.45) is 5.92 Å². The molecule has 3 rings (SSSR count). The van der Waals surface area contributed by atoms with Gasteiger partial charge < -0.3 is 15.1 Å². The van der Waals surface area contributed by atoms with Crippen molar-refractivity contribution in [3.8, 4) is 11.6 Å². The number of fused-ring (bicyclic) bond motifs is 1. The topological polar surface area (TPSA) is 80.0 Å². The summed E-state index contributed by atoms with van der Waals surface area (Å²) in [6.07, 6.45) is 2.14. The summed E-state index contributed by atoms with van der Waals surface area (Å²) in [7, 11) is 0. The first-order valence-corrected chi connectivity index (χ1v) is 8.44. The van der Waals surface area contributed by atoms with Gasteiger partial charge in [-0.1, -0.05) is 26.0 Å². The molecule has 0 atom stereocenters. The van der Waals surface area contributed by atoms with Gasteiger partial charge in [-0.05, 0) is 30.2 Å². The van der Waals surface area contributed by atoms with Crippen molar-refractivity contribution < 1.29 is 9.21 Å². The molecule has 130 valence electrons. The molecule has 0 saturated heterocycles. The van der Waals surface area contributed by atoms with Crippen LogP contribution >= 0.6 is 0 Å². The van der Waals surface area contributed by atoms with E-state index >= 15 is 0 Å². The van der Waals surface area contributed by atoms with Crippen LogP contribution in [0.5, 0.6) is 0 Å². The van der Waals surface area contributed by atoms with Gasteiger partial charge in [0.2, 0.25) is 5.91 Å². The van der Waals surface area contributed by atoms with E-state index in [9.17, 15) is 4.79 Å². The summed E-state index contributed by atoms with van der Waals surface area (Å²) in [6, 6.07) is 11.5. The lowest BCUT2D eigenvalue weighted by atomic mass is 10.1. The van der Waals surface area contributed by atoms with E-state index in [0.29, 0.717) is 37.0 Å². The summed E-state index contributed by atoms with van der Waals surface area (Å²) in [5.74, 6) is 2.32. The van der Waals surface area contributed by atoms with E-state index in [1.54, 1.807) is 6.26 Å². The number of hydrogen-bond donors (Lipinski definition) is 2. The van der Waals surface area contributed by atoms with Crippen molar-refractivity contribution in [1.29, 1.82) is 0 Å². The van der Waals surface area contributed by atoms with Gasteiger partial charge in [0, 0.05) is 24.9 Å². The molecule has 1 amide bonds. The van der Waals surface area contributed by atoms with Crippen molar-refractivity contribution in [1.82, 2.24) is 15.3 Å². The zero-order chi connectivity index (χ0) is 17.6. The molecular weight excluding hydrogens is 316 g/mol. The molecule has 0 aliphatic heterocycles. The van der Waals surface area contributed by atoms with Crippen LogP contribution in [-0.2, 0) is 4.79 Å². The Morgan fingerprint density at radius 2 is 1.96 bits per heavy atom. The molecule has 0 aliphatic carbocycles. The Bertz CT molecular complexity index is 844. The number of aromatic nitrogens is 2. The molecule has 25 heavy (non-hydrogen) atoms. The van der Waals surface area contributed by atoms with Gasteiger partial charge in [0.05, 0.1) is 11.8 Å². The largest absolute Gasteiger partial charge is 0.461 e. The number of benzene rings is 1. The van der Waals surface area contributed by atoms with Crippen molar-refractivity contribution in [2.45, 2.75) is 20.3 Å². The second-order valence-corrected chi connectivity index (χ2v) is 6.26. The summed E-state index contributed by atoms with van der Waals surface area (Å²) in [6.45, 7) is 5.18. The van der Waals surface area contributed by atoms with Gasteiger partial charge in [-0.3, -0.25) is 4.79 Å². The number of furan rings is 1. The average molecular weight is 338 g/mol. The summed E-state index contributed by atoms with van der Waals surface area (Å²) >= 11 is 0. The number of rotatable bonds is 7. The SMILES string of the molecule is CC(C)CC(=O)NCCNc1nc(-c2ccco2)nc2ccccc12. The molecule has 3 aromatic rings. The number of nitrogens with one attached hydrogen (secondary N) is 2. The molecule has 1 aromatic carbocycles. The van der Waals surface area contributed by atoms with E-state index < -0.39 is 0 Å². The first-order chi connectivity index (χ1) is 12.1. The van der Waals surface area contributed by atoms with E-state index in [1.165, 1.54) is 0 Å². The van der Waals surface area contributed by atoms with E-state index in [1.807, 2.05) is 50.2 Å². The smallest absolute Gasteiger partial charge is 0.220 e. The maximum absolute atomic E-state index is 11.7. The lowest BCUT2D eigenvalue weighted by Gasteiger charge is -2.11. The van der Waals surface area contributed by atoms with Crippen molar-refractivity contribution in [3.63, 3.8) is 0 Å². The predicted octanol–water partition coefficient (Wildman–Crippen LogP) is 3.46. The standard InChI is InChI=1S/C19H22N4O2/c1-13(2)12-17(24)20-9-10-21-18-14-6-3-4-7-15(14)22-19(23-18)16-8-5-11-25-16/h3-8,11,13H,9-10,12H2,1-2H3,(H,20,24)(H,21,22,23). The van der Waals surface area contributed by atoms with Crippen molar-refractivity contribution >= 4 is 22.6 Å². The lowest BCUT2D eigenvalue weighted by Crippen LogP contribution is -2.29. The average Bonchev–Trinajstić information content (AvgIpc) is 3.12. The highest BCUT2D eigenvalue weighted by molar-refractivity contribution is 5.90. The number of amides is 1. The Morgan fingerprint density at radius 3 is 2.72 bits per heavy atom. The van der Waals surface area contributed by atoms with Gasteiger partial charge >= 0.3 is 0 Å². The van der Waals surface area contributed by atoms with Gasteiger partial charge in [-0.15, -0.1) is 0 Å². The van der Waals surface area contributed by atoms with Crippen LogP contribution in [0.2, 0.25) is 0 Å². The number of carbonyl (C=O) groups is 1. The Kier molecular flexibility index (Phi) is 5.28. The van der Waals surface area contributed by atoms with Gasteiger partial charge in [0.15, 0.2) is 11.6 Å². The second-order valence-electron chi connectivity index (χ2n) is 6.26. The number of hydrogen-bond acceptors (Lipinski definition) is 5. The summed E-state index contributed by atoms with van der Waals surface area (Å²) in [5.41, 5.74) is 0.843. The summed E-state index contributed by atoms with van der Waals surface area (Å²) < 4.78 is 5.41. The molecular formula is C19H22N4O2. The monoisotopic (exact) mass is 338 g/mol. The fourth-order valence-corrected chi connectivity index (χ4v) is 2.55. The molecule has 6 heteroatoms. The van der Waals surface area contributed by atoms with Crippen LogP contribution < -0.4 is 10.6 Å². The van der Waals surface area contributed by atoms with Crippen LogP contribution in [0.1, 0.15) is 20.3 Å². The van der Waals surface area contributed by atoms with Gasteiger partial charge in [-0.25, -0.2) is 9.97 Å². The molecule has 2 N–H and O–H groups in total. The quantitative estimate of drug-likeness (QED) is 0.645. The molecule has 0 bridgehead atoms. The summed E-state index contributed by atoms with van der Waals surface area (Å²) in [5, 5.41) is 7.14. The van der Waals surface area contributed by atoms with E-state index in [-0.39, 0.29) is 5.91 Å². The third-order valence-corrected chi connectivity index (χ3v) is 3.68. The maximum Gasteiger partial charge on any atom is 0.220 e. The second kappa shape index (κ2) is 7.79. The van der Waals surface area contributed by atoms with E-state index in [2.05, 4.69) is 20.6 Å². The Balaban J connectivity index is 1.73. The fourth-order valence-electron chi connectivity index (χ4n) is 2.55. The normalized spacial score (nSPS) is 11.0. The first kappa shape index (κ1) is 17.0. The first-order valence-electron chi connectivity index (χ1n) is 8.44. The minimum absolute atomic E-state index is 0.0700. The molecule has 2 aromatic heterocycles. The zero-order valence-electron chi connectivity index (χ0n) is 14.5. The highest BCUT2D eigenvalue weighted by Crippen LogP contribution is 2.24. The molecule has 0 fully saturated rings. The summed E-state index contributed by atoms with van der Waals surface area (Å²) in [4.78, 5) is 20.8. The molecule has 0 saturated carbocycles. The lowest BCUT2D eigenvalue weighted by molar-refractivity contribution is -0.121. The highest BCUT2D eigenvalue weighted by atomic mass is 16.3. The Morgan fingerprint density at radius 1 is 1.12 bits per heavy atom. The van der Waals surface area contributed by atoms with Gasteiger partial charge in [0.25, 0.3) is 0 Å². The maximum atomic E-state index is 11.7. The van der Waals surface area contributed by atoms with Crippen molar-refractivity contribution in [2.75, 3.05) is 18.4 Å². The number of para-hydroxylation sites is 1. The Labute approximate surface area is 146 Å². The van der Waals surface area contributed by atoms with Crippen LogP contribution in [0.4, 0.5) is 5.82 Å². The third kappa shape index (κ3) is 4.35. The van der Waals surface area contributed by atoms with Crippen LogP contribution in [0.25, 0.3) is 22.5 Å². The van der Waals surface area contributed by atoms with Gasteiger partial charge in [-0.2, -0.15) is 0 Å². The van der Waals surface area contributed by atoms with Crippen LogP contribution in [0.3, 0.4) is 0 Å². The third-order valence-electron chi connectivity index (χ3n) is 3.68. The van der Waals surface area contributed by atoms with Gasteiger partial charge in [0.1, 0.15) is 5.82 Å². The molecule has 0 radical (unpaired) electrons. The number of anilines is 1. The van der Waals surface area contributed by atoms with E-state index in [0.717, 1.165) is 16.7 Å². The molecule has 6 nitrogen and oxygen atoms in total.